The Balaban J connectivity index is 1.73. The first-order chi connectivity index (χ1) is 16.0. The normalized spacial score (nSPS) is 19.3. The molecule has 4 N–H and O–H groups in total. The summed E-state index contributed by atoms with van der Waals surface area (Å²) in [6, 6.07) is 6.40. The van der Waals surface area contributed by atoms with Crippen LogP contribution in [0.1, 0.15) is 37.7 Å². The van der Waals surface area contributed by atoms with Crippen LogP contribution in [0.5, 0.6) is 0 Å². The number of carbonyl (C=O) groups is 3. The maximum atomic E-state index is 13.1. The molecule has 3 amide bonds. The van der Waals surface area contributed by atoms with Crippen molar-refractivity contribution in [3.8, 4) is 6.19 Å². The monoisotopic (exact) mass is 451 g/mol. The lowest BCUT2D eigenvalue weighted by Gasteiger charge is -2.25. The Bertz CT molecular complexity index is 977. The summed E-state index contributed by atoms with van der Waals surface area (Å²) in [6.45, 7) is 2.08. The van der Waals surface area contributed by atoms with Crippen LogP contribution < -0.4 is 16.4 Å². The van der Waals surface area contributed by atoms with Crippen LogP contribution in [0.15, 0.2) is 35.3 Å². The second-order valence-corrected chi connectivity index (χ2v) is 8.06. The van der Waals surface area contributed by atoms with Crippen LogP contribution in [0, 0.1) is 11.5 Å². The summed E-state index contributed by atoms with van der Waals surface area (Å²) in [7, 11) is 0. The van der Waals surface area contributed by atoms with E-state index in [0.717, 1.165) is 44.3 Å². The standard InChI is InChI=1S/C23H29N7O3/c24-16-26-23(27-18-7-5-6-17(14-18)9-10-20(25)31)28-19-8-1-2-13-30(22(19)33)15-21(32)29-11-3-4-12-29/h5-7,9-10,14,19H,1-4,8,11-13,15H2,(H2,25,31)(H2,26,27,28)/b10-9+. The number of primary amides is 1. The Kier molecular flexibility index (Phi) is 8.41. The van der Waals surface area contributed by atoms with Crippen molar-refractivity contribution in [2.24, 2.45) is 10.7 Å². The predicted octanol–water partition coefficient (Wildman–Crippen LogP) is 1.03. The van der Waals surface area contributed by atoms with Crippen LogP contribution >= 0.6 is 0 Å². The number of guanidine groups is 1. The third-order valence-corrected chi connectivity index (χ3v) is 5.59. The zero-order valence-corrected chi connectivity index (χ0v) is 18.5. The maximum Gasteiger partial charge on any atom is 0.247 e. The van der Waals surface area contributed by atoms with Gasteiger partial charge in [-0.2, -0.15) is 5.26 Å². The van der Waals surface area contributed by atoms with E-state index < -0.39 is 11.9 Å². The van der Waals surface area contributed by atoms with E-state index in [2.05, 4.69) is 15.6 Å². The molecule has 0 bridgehead atoms. The van der Waals surface area contributed by atoms with E-state index in [1.54, 1.807) is 40.1 Å². The molecule has 0 aliphatic carbocycles. The molecule has 2 heterocycles. The first-order valence-corrected chi connectivity index (χ1v) is 11.1. The molecule has 2 fully saturated rings. The van der Waals surface area contributed by atoms with Gasteiger partial charge in [0.25, 0.3) is 0 Å². The number of aliphatic imine (C=N–C) groups is 1. The summed E-state index contributed by atoms with van der Waals surface area (Å²) in [5.41, 5.74) is 6.48. The molecule has 1 aromatic rings. The maximum absolute atomic E-state index is 13.1. The number of nitriles is 1. The molecule has 0 spiro atoms. The van der Waals surface area contributed by atoms with E-state index in [1.165, 1.54) is 6.08 Å². The van der Waals surface area contributed by atoms with Crippen molar-refractivity contribution in [2.45, 2.75) is 38.1 Å². The highest BCUT2D eigenvalue weighted by Gasteiger charge is 2.30. The minimum atomic E-state index is -0.694. The molecule has 1 unspecified atom stereocenters. The van der Waals surface area contributed by atoms with E-state index in [0.29, 0.717) is 18.7 Å². The Hall–Kier alpha value is -3.87. The molecule has 1 atom stereocenters. The van der Waals surface area contributed by atoms with Gasteiger partial charge in [0.05, 0.1) is 6.54 Å². The quantitative estimate of drug-likeness (QED) is 0.194. The summed E-state index contributed by atoms with van der Waals surface area (Å²) < 4.78 is 0. The zero-order chi connectivity index (χ0) is 23.6. The van der Waals surface area contributed by atoms with Crippen LogP contribution in [-0.2, 0) is 14.4 Å². The van der Waals surface area contributed by atoms with Gasteiger partial charge in [-0.3, -0.25) is 19.7 Å². The highest BCUT2D eigenvalue weighted by molar-refractivity contribution is 5.97. The van der Waals surface area contributed by atoms with Gasteiger partial charge in [0.1, 0.15) is 6.04 Å². The fourth-order valence-corrected chi connectivity index (χ4v) is 3.93. The Morgan fingerprint density at radius 1 is 1.21 bits per heavy atom. The third-order valence-electron chi connectivity index (χ3n) is 5.59. The van der Waals surface area contributed by atoms with Crippen LogP contribution in [0.25, 0.3) is 6.08 Å². The van der Waals surface area contributed by atoms with E-state index in [1.807, 2.05) is 6.19 Å². The summed E-state index contributed by atoms with van der Waals surface area (Å²) in [5, 5.41) is 14.7. The SMILES string of the molecule is N#CNC(=NC1CCCCN(CC(=O)N2CCCC2)C1=O)Nc1cccc(/C=C/C(N)=O)c1. The third kappa shape index (κ3) is 7.07. The molecule has 2 aliphatic heterocycles. The Morgan fingerprint density at radius 2 is 1.97 bits per heavy atom. The van der Waals surface area contributed by atoms with Crippen molar-refractivity contribution in [1.82, 2.24) is 15.1 Å². The van der Waals surface area contributed by atoms with E-state index >= 15 is 0 Å². The molecule has 2 saturated heterocycles. The second kappa shape index (κ2) is 11.7. The molecule has 33 heavy (non-hydrogen) atoms. The summed E-state index contributed by atoms with van der Waals surface area (Å²) >= 11 is 0. The predicted molar refractivity (Wildman–Crippen MR) is 125 cm³/mol. The van der Waals surface area contributed by atoms with Gasteiger partial charge in [-0.05, 0) is 55.9 Å². The van der Waals surface area contributed by atoms with Gasteiger partial charge in [0.2, 0.25) is 23.7 Å². The molecule has 10 nitrogen and oxygen atoms in total. The molecular formula is C23H29N7O3. The highest BCUT2D eigenvalue weighted by Crippen LogP contribution is 2.17. The highest BCUT2D eigenvalue weighted by atomic mass is 16.2. The number of carbonyl (C=O) groups excluding carboxylic acids is 3. The number of hydrogen-bond donors (Lipinski definition) is 3. The molecular weight excluding hydrogens is 422 g/mol. The molecule has 2 aliphatic rings. The molecule has 1 aromatic carbocycles. The number of rotatable bonds is 6. The van der Waals surface area contributed by atoms with Crippen molar-refractivity contribution >= 4 is 35.4 Å². The smallest absolute Gasteiger partial charge is 0.247 e. The molecule has 0 aromatic heterocycles. The van der Waals surface area contributed by atoms with Crippen molar-refractivity contribution < 1.29 is 14.4 Å². The van der Waals surface area contributed by atoms with Crippen LogP contribution in [-0.4, -0.2) is 65.7 Å². The fraction of sp³-hybridized carbons (Fsp3) is 0.435. The number of nitrogens with zero attached hydrogens (tertiary/aromatic N) is 4. The van der Waals surface area contributed by atoms with E-state index in [4.69, 9.17) is 11.0 Å². The minimum absolute atomic E-state index is 0.0280. The topological polar surface area (TPSA) is 144 Å². The van der Waals surface area contributed by atoms with Crippen LogP contribution in [0.2, 0.25) is 0 Å². The number of anilines is 1. The van der Waals surface area contributed by atoms with Gasteiger partial charge in [0.15, 0.2) is 6.19 Å². The van der Waals surface area contributed by atoms with Gasteiger partial charge in [0, 0.05) is 31.4 Å². The van der Waals surface area contributed by atoms with Gasteiger partial charge < -0.3 is 20.9 Å². The zero-order valence-electron chi connectivity index (χ0n) is 18.5. The Morgan fingerprint density at radius 3 is 2.70 bits per heavy atom. The number of hydrogen-bond acceptors (Lipinski definition) is 5. The summed E-state index contributed by atoms with van der Waals surface area (Å²) in [5.74, 6) is -0.655. The van der Waals surface area contributed by atoms with Crippen LogP contribution in [0.3, 0.4) is 0 Å². The number of nitrogens with two attached hydrogens (primary N) is 1. The van der Waals surface area contributed by atoms with Crippen LogP contribution in [0.4, 0.5) is 5.69 Å². The second-order valence-electron chi connectivity index (χ2n) is 8.06. The summed E-state index contributed by atoms with van der Waals surface area (Å²) in [6.07, 6.45) is 8.80. The van der Waals surface area contributed by atoms with Crippen molar-refractivity contribution in [1.29, 1.82) is 5.26 Å². The largest absolute Gasteiger partial charge is 0.366 e. The van der Waals surface area contributed by atoms with Gasteiger partial charge >= 0.3 is 0 Å². The number of likely N-dealkylation sites (tertiary alicyclic amines) is 2. The molecule has 0 saturated carbocycles. The van der Waals surface area contributed by atoms with Crippen molar-refractivity contribution in [3.63, 3.8) is 0 Å². The fourth-order valence-electron chi connectivity index (χ4n) is 3.93. The van der Waals surface area contributed by atoms with Crippen molar-refractivity contribution in [2.75, 3.05) is 31.5 Å². The number of amides is 3. The first kappa shape index (κ1) is 23.8. The molecule has 3 rings (SSSR count). The van der Waals surface area contributed by atoms with Gasteiger partial charge in [-0.15, -0.1) is 0 Å². The van der Waals surface area contributed by atoms with E-state index in [9.17, 15) is 14.4 Å². The number of benzene rings is 1. The summed E-state index contributed by atoms with van der Waals surface area (Å²) in [4.78, 5) is 44.6. The molecule has 10 heteroatoms. The average molecular weight is 452 g/mol. The minimum Gasteiger partial charge on any atom is -0.366 e. The van der Waals surface area contributed by atoms with Crippen molar-refractivity contribution in [3.05, 3.63) is 35.9 Å². The lowest BCUT2D eigenvalue weighted by atomic mass is 10.1. The lowest BCUT2D eigenvalue weighted by molar-refractivity contribution is -0.140. The Labute approximate surface area is 193 Å². The van der Waals surface area contributed by atoms with Gasteiger partial charge in [-0.1, -0.05) is 12.1 Å². The molecule has 174 valence electrons. The van der Waals surface area contributed by atoms with E-state index in [-0.39, 0.29) is 24.3 Å². The first-order valence-electron chi connectivity index (χ1n) is 11.1. The molecule has 0 radical (unpaired) electrons. The number of nitrogens with one attached hydrogen (secondary N) is 2. The lowest BCUT2D eigenvalue weighted by Crippen LogP contribution is -2.45. The van der Waals surface area contributed by atoms with Gasteiger partial charge in [-0.25, -0.2) is 4.99 Å². The average Bonchev–Trinajstić information content (AvgIpc) is 3.28.